The normalized spacial score (nSPS) is 10.6. The minimum atomic E-state index is -4.24. The molecule has 0 fully saturated rings. The number of carbonyl (C=O) groups excluding carboxylic acids is 2. The molecule has 0 heterocycles. The van der Waals surface area contributed by atoms with Crippen molar-refractivity contribution >= 4 is 66.7 Å². The second-order valence-electron chi connectivity index (χ2n) is 7.19. The number of nitrogens with zero attached hydrogens (tertiary/aromatic N) is 2. The van der Waals surface area contributed by atoms with E-state index in [1.54, 1.807) is 0 Å². The van der Waals surface area contributed by atoms with Crippen LogP contribution >= 0.6 is 39.1 Å². The number of hydrogen-bond acceptors (Lipinski definition) is 6. The molecule has 3 aromatic carbocycles. The van der Waals surface area contributed by atoms with Crippen LogP contribution in [0.15, 0.2) is 57.9 Å². The number of hydrogen-bond donors (Lipinski definition) is 1. The third kappa shape index (κ3) is 8.15. The average Bonchev–Trinajstić information content (AvgIpc) is 2.78. The minimum absolute atomic E-state index is 0. The number of ether oxygens (including phenoxy) is 1. The van der Waals surface area contributed by atoms with E-state index in [-0.39, 0.29) is 77.3 Å². The average molecular weight is 637 g/mol. The predicted molar refractivity (Wildman–Crippen MR) is 135 cm³/mol. The zero-order valence-electron chi connectivity index (χ0n) is 19.2. The van der Waals surface area contributed by atoms with Gasteiger partial charge in [0.05, 0.1) is 44.0 Å². The standard InChI is InChI=1S/C23H15BrCl2FN3O5S.Na/c1-12(31)30-36(33,34)17-3-5-20(19(26)10-17)29-21(32)8-14-2-4-18(24)23(22(14)27)35-16-7-13(11-28)6-15(25)9-16;/h2-7,9-10H,8H2,1H3,(H2,29,30,31,32);/q;+1/p-1. The van der Waals surface area contributed by atoms with Gasteiger partial charge in [-0.2, -0.15) is 5.26 Å². The molecule has 1 N–H and O–H groups in total. The van der Waals surface area contributed by atoms with Gasteiger partial charge in [-0.15, -0.1) is 0 Å². The fourth-order valence-electron chi connectivity index (χ4n) is 2.95. The van der Waals surface area contributed by atoms with E-state index >= 15 is 4.39 Å². The summed E-state index contributed by atoms with van der Waals surface area (Å²) in [6, 6.07) is 12.4. The van der Waals surface area contributed by atoms with Crippen molar-refractivity contribution in [2.24, 2.45) is 0 Å². The quantitative estimate of drug-likeness (QED) is 0.396. The number of amides is 2. The summed E-state index contributed by atoms with van der Waals surface area (Å²) in [6.07, 6.45) is -0.412. The van der Waals surface area contributed by atoms with Crippen molar-refractivity contribution in [2.45, 2.75) is 18.2 Å². The van der Waals surface area contributed by atoms with Crippen LogP contribution in [0.25, 0.3) is 4.72 Å². The molecule has 0 saturated heterocycles. The van der Waals surface area contributed by atoms with Crippen LogP contribution in [0.1, 0.15) is 18.1 Å². The molecule has 186 valence electrons. The van der Waals surface area contributed by atoms with Crippen molar-refractivity contribution in [3.05, 3.63) is 84.7 Å². The van der Waals surface area contributed by atoms with E-state index < -0.39 is 34.1 Å². The summed E-state index contributed by atoms with van der Waals surface area (Å²) in [4.78, 5) is 23.3. The number of rotatable bonds is 7. The Morgan fingerprint density at radius 2 is 1.86 bits per heavy atom. The Morgan fingerprint density at radius 3 is 2.49 bits per heavy atom. The topological polar surface area (TPSA) is 127 Å². The molecule has 0 bridgehead atoms. The van der Waals surface area contributed by atoms with Crippen molar-refractivity contribution in [1.82, 2.24) is 0 Å². The van der Waals surface area contributed by atoms with Gasteiger partial charge in [0, 0.05) is 10.6 Å². The molecule has 0 spiro atoms. The smallest absolute Gasteiger partial charge is 0.542 e. The number of nitriles is 1. The molecule has 0 atom stereocenters. The van der Waals surface area contributed by atoms with E-state index in [1.807, 2.05) is 6.07 Å². The van der Waals surface area contributed by atoms with Crippen LogP contribution in [0.5, 0.6) is 11.5 Å². The van der Waals surface area contributed by atoms with E-state index in [9.17, 15) is 18.0 Å². The molecular formula is C23H14BrCl2FN3NaO5S. The molecule has 0 aliphatic heterocycles. The van der Waals surface area contributed by atoms with Crippen LogP contribution in [0.4, 0.5) is 10.1 Å². The summed E-state index contributed by atoms with van der Waals surface area (Å²) in [7, 11) is -4.24. The van der Waals surface area contributed by atoms with Crippen molar-refractivity contribution in [3.8, 4) is 17.6 Å². The molecule has 2 amide bonds. The van der Waals surface area contributed by atoms with Crippen LogP contribution in [0, 0.1) is 17.1 Å². The first-order chi connectivity index (χ1) is 16.9. The van der Waals surface area contributed by atoms with Crippen LogP contribution in [-0.4, -0.2) is 20.2 Å². The van der Waals surface area contributed by atoms with Gasteiger partial charge >= 0.3 is 29.6 Å². The molecule has 37 heavy (non-hydrogen) atoms. The first-order valence-electron chi connectivity index (χ1n) is 9.83. The molecule has 14 heteroatoms. The Bertz CT molecular complexity index is 1530. The molecule has 0 aliphatic carbocycles. The van der Waals surface area contributed by atoms with Crippen LogP contribution in [0.3, 0.4) is 0 Å². The maximum Gasteiger partial charge on any atom is 1.00 e. The third-order valence-electron chi connectivity index (χ3n) is 4.46. The summed E-state index contributed by atoms with van der Waals surface area (Å²) in [5.41, 5.74) is 0.277. The summed E-state index contributed by atoms with van der Waals surface area (Å²) in [5, 5.41) is 11.7. The summed E-state index contributed by atoms with van der Waals surface area (Å²) < 4.78 is 48.2. The van der Waals surface area contributed by atoms with E-state index in [4.69, 9.17) is 33.2 Å². The van der Waals surface area contributed by atoms with Crippen molar-refractivity contribution in [3.63, 3.8) is 0 Å². The van der Waals surface area contributed by atoms with Gasteiger partial charge in [-0.25, -0.2) is 12.8 Å². The SMILES string of the molecule is CC(=O)[N-]S(=O)(=O)c1ccc(NC(=O)Cc2ccc(Br)c(Oc3cc(Cl)cc(C#N)c3)c2F)c(Cl)c1.[Na+]. The van der Waals surface area contributed by atoms with Crippen molar-refractivity contribution < 1.29 is 56.7 Å². The Morgan fingerprint density at radius 1 is 1.16 bits per heavy atom. The van der Waals surface area contributed by atoms with Crippen molar-refractivity contribution in [2.75, 3.05) is 5.32 Å². The summed E-state index contributed by atoms with van der Waals surface area (Å²) in [5.74, 6) is -2.46. The van der Waals surface area contributed by atoms with Gasteiger partial charge in [0.1, 0.15) is 15.8 Å². The second-order valence-corrected chi connectivity index (χ2v) is 10.5. The third-order valence-corrected chi connectivity index (χ3v) is 6.96. The van der Waals surface area contributed by atoms with E-state index in [0.29, 0.717) is 0 Å². The van der Waals surface area contributed by atoms with E-state index in [1.165, 1.54) is 36.4 Å². The van der Waals surface area contributed by atoms with Gasteiger partial charge in [0.15, 0.2) is 11.6 Å². The minimum Gasteiger partial charge on any atom is -0.542 e. The van der Waals surface area contributed by atoms with Crippen LogP contribution in [-0.2, 0) is 26.0 Å². The van der Waals surface area contributed by atoms with Gasteiger partial charge in [0.2, 0.25) is 5.91 Å². The predicted octanol–water partition coefficient (Wildman–Crippen LogP) is 3.35. The van der Waals surface area contributed by atoms with E-state index in [2.05, 4.69) is 26.0 Å². The zero-order chi connectivity index (χ0) is 26.6. The monoisotopic (exact) mass is 635 g/mol. The number of nitrogens with one attached hydrogen (secondary N) is 1. The maximum atomic E-state index is 15.2. The fraction of sp³-hybridized carbons (Fsp3) is 0.0870. The van der Waals surface area contributed by atoms with Gasteiger partial charge in [0.25, 0.3) is 0 Å². The van der Waals surface area contributed by atoms with E-state index in [0.717, 1.165) is 19.1 Å². The van der Waals surface area contributed by atoms with Gasteiger partial charge < -0.3 is 19.6 Å². The molecule has 0 unspecified atom stereocenters. The molecular weight excluding hydrogens is 623 g/mol. The Hall–Kier alpha value is -2.17. The zero-order valence-corrected chi connectivity index (χ0v) is 25.1. The summed E-state index contributed by atoms with van der Waals surface area (Å²) in [6.45, 7) is 0.990. The number of halogens is 4. The largest absolute Gasteiger partial charge is 1.00 e. The molecule has 0 aromatic heterocycles. The van der Waals surface area contributed by atoms with Gasteiger partial charge in [-0.3, -0.25) is 4.79 Å². The van der Waals surface area contributed by atoms with Gasteiger partial charge in [-0.05, 0) is 65.3 Å². The molecule has 3 aromatic rings. The number of benzene rings is 3. The second kappa shape index (κ2) is 13.1. The summed E-state index contributed by atoms with van der Waals surface area (Å²) >= 11 is 15.3. The Labute approximate surface area is 252 Å². The molecule has 0 saturated carbocycles. The first-order valence-corrected chi connectivity index (χ1v) is 12.8. The van der Waals surface area contributed by atoms with Crippen LogP contribution in [0.2, 0.25) is 10.0 Å². The number of sulfonamides is 1. The fourth-order valence-corrected chi connectivity index (χ4v) is 4.81. The molecule has 0 aliphatic rings. The molecule has 8 nitrogen and oxygen atoms in total. The van der Waals surface area contributed by atoms with Crippen molar-refractivity contribution in [1.29, 1.82) is 5.26 Å². The first kappa shape index (κ1) is 31.1. The Balaban J connectivity index is 0.00000481. The molecule has 0 radical (unpaired) electrons. The number of anilines is 1. The Kier molecular flexibility index (Phi) is 11.0. The maximum absolute atomic E-state index is 15.2. The van der Waals surface area contributed by atoms with Gasteiger partial charge in [-0.1, -0.05) is 29.3 Å². The van der Waals surface area contributed by atoms with Crippen LogP contribution < -0.4 is 39.6 Å². The number of carbonyl (C=O) groups is 2. The molecule has 3 rings (SSSR count).